The maximum absolute atomic E-state index is 11.2. The van der Waals surface area contributed by atoms with Gasteiger partial charge in [0, 0.05) is 0 Å². The van der Waals surface area contributed by atoms with E-state index >= 15 is 0 Å². The molecular formula is C7H11N3O3S. The number of nitrogens with zero attached hydrogens (tertiary/aromatic N) is 3. The summed E-state index contributed by atoms with van der Waals surface area (Å²) in [6, 6.07) is -0.118. The van der Waals surface area contributed by atoms with Gasteiger partial charge in [-0.1, -0.05) is 5.21 Å². The van der Waals surface area contributed by atoms with E-state index in [0.717, 1.165) is 0 Å². The van der Waals surface area contributed by atoms with Crippen molar-refractivity contribution in [2.45, 2.75) is 19.1 Å². The molecule has 1 aromatic heterocycles. The Balaban J connectivity index is 2.17. The van der Waals surface area contributed by atoms with Crippen molar-refractivity contribution in [2.24, 2.45) is 0 Å². The van der Waals surface area contributed by atoms with Gasteiger partial charge in [0.15, 0.2) is 9.84 Å². The van der Waals surface area contributed by atoms with Gasteiger partial charge in [-0.25, -0.2) is 13.1 Å². The standard InChI is InChI=1S/C7H11N3O3S/c11-4-6-3-10(9-8-6)7-1-2-14(12,13)5-7/h3,7,11H,1-2,4-5H2. The molecule has 7 heteroatoms. The number of aliphatic hydroxyl groups excluding tert-OH is 1. The molecule has 1 aliphatic heterocycles. The summed E-state index contributed by atoms with van der Waals surface area (Å²) in [5.41, 5.74) is 0.467. The van der Waals surface area contributed by atoms with E-state index in [0.29, 0.717) is 12.1 Å². The van der Waals surface area contributed by atoms with Crippen molar-refractivity contribution < 1.29 is 13.5 Å². The molecule has 1 aromatic rings. The number of sulfone groups is 1. The Hall–Kier alpha value is -0.950. The van der Waals surface area contributed by atoms with Crippen molar-refractivity contribution in [2.75, 3.05) is 11.5 Å². The molecule has 1 saturated heterocycles. The lowest BCUT2D eigenvalue weighted by molar-refractivity contribution is 0.276. The Bertz CT molecular complexity index is 425. The molecule has 6 nitrogen and oxygen atoms in total. The first-order valence-corrected chi connectivity index (χ1v) is 6.15. The van der Waals surface area contributed by atoms with Crippen LogP contribution in [0.25, 0.3) is 0 Å². The van der Waals surface area contributed by atoms with Gasteiger partial charge in [-0.2, -0.15) is 0 Å². The average Bonchev–Trinajstić information content (AvgIpc) is 2.70. The zero-order valence-corrected chi connectivity index (χ0v) is 8.31. The first-order chi connectivity index (χ1) is 6.61. The lowest BCUT2D eigenvalue weighted by Gasteiger charge is -2.05. The maximum atomic E-state index is 11.2. The summed E-state index contributed by atoms with van der Waals surface area (Å²) in [4.78, 5) is 0. The molecule has 0 bridgehead atoms. The first kappa shape index (κ1) is 9.60. The largest absolute Gasteiger partial charge is 0.390 e. The smallest absolute Gasteiger partial charge is 0.152 e. The molecule has 78 valence electrons. The molecule has 1 unspecified atom stereocenters. The number of hydrogen-bond donors (Lipinski definition) is 1. The fraction of sp³-hybridized carbons (Fsp3) is 0.714. The Kier molecular flexibility index (Phi) is 2.28. The lowest BCUT2D eigenvalue weighted by atomic mass is 10.3. The molecule has 2 heterocycles. The van der Waals surface area contributed by atoms with Crippen LogP contribution in [-0.2, 0) is 16.4 Å². The summed E-state index contributed by atoms with van der Waals surface area (Å²) in [5, 5.41) is 16.2. The molecule has 1 atom stereocenters. The predicted molar refractivity (Wildman–Crippen MR) is 48.3 cm³/mol. The van der Waals surface area contributed by atoms with Crippen LogP contribution in [0, 0.1) is 0 Å². The van der Waals surface area contributed by atoms with E-state index in [9.17, 15) is 8.42 Å². The molecule has 0 saturated carbocycles. The molecule has 0 radical (unpaired) electrons. The summed E-state index contributed by atoms with van der Waals surface area (Å²) < 4.78 is 23.9. The second kappa shape index (κ2) is 3.32. The summed E-state index contributed by atoms with van der Waals surface area (Å²) >= 11 is 0. The van der Waals surface area contributed by atoms with Crippen molar-refractivity contribution in [1.82, 2.24) is 15.0 Å². The summed E-state index contributed by atoms with van der Waals surface area (Å²) in [5.74, 6) is 0.340. The topological polar surface area (TPSA) is 85.1 Å². The van der Waals surface area contributed by atoms with Gasteiger partial charge in [0.25, 0.3) is 0 Å². The second-order valence-electron chi connectivity index (χ2n) is 3.40. The third kappa shape index (κ3) is 1.78. The first-order valence-electron chi connectivity index (χ1n) is 4.33. The molecule has 0 aromatic carbocycles. The van der Waals surface area contributed by atoms with Crippen LogP contribution >= 0.6 is 0 Å². The van der Waals surface area contributed by atoms with E-state index in [4.69, 9.17) is 5.11 Å². The summed E-state index contributed by atoms with van der Waals surface area (Å²) in [6.07, 6.45) is 2.17. The third-order valence-corrected chi connectivity index (χ3v) is 4.05. The normalized spacial score (nSPS) is 25.4. The quantitative estimate of drug-likeness (QED) is 0.696. The Morgan fingerprint density at radius 1 is 1.64 bits per heavy atom. The van der Waals surface area contributed by atoms with Crippen LogP contribution in [0.3, 0.4) is 0 Å². The van der Waals surface area contributed by atoms with Gasteiger partial charge in [-0.05, 0) is 6.42 Å². The van der Waals surface area contributed by atoms with E-state index in [-0.39, 0.29) is 24.2 Å². The van der Waals surface area contributed by atoms with Gasteiger partial charge < -0.3 is 5.11 Å². The van der Waals surface area contributed by atoms with E-state index in [1.54, 1.807) is 6.20 Å². The highest BCUT2D eigenvalue weighted by molar-refractivity contribution is 7.91. The minimum absolute atomic E-state index is 0.118. The average molecular weight is 217 g/mol. The molecule has 1 fully saturated rings. The van der Waals surface area contributed by atoms with Crippen molar-refractivity contribution >= 4 is 9.84 Å². The monoisotopic (exact) mass is 217 g/mol. The predicted octanol–water partition coefficient (Wildman–Crippen LogP) is -0.870. The van der Waals surface area contributed by atoms with E-state index in [1.165, 1.54) is 4.68 Å². The fourth-order valence-electron chi connectivity index (χ4n) is 1.55. The fourth-order valence-corrected chi connectivity index (χ4v) is 3.25. The Morgan fingerprint density at radius 2 is 2.43 bits per heavy atom. The van der Waals surface area contributed by atoms with E-state index in [1.807, 2.05) is 0 Å². The zero-order chi connectivity index (χ0) is 10.2. The lowest BCUT2D eigenvalue weighted by Crippen LogP contribution is -2.11. The van der Waals surface area contributed by atoms with Gasteiger partial charge >= 0.3 is 0 Å². The molecule has 2 rings (SSSR count). The van der Waals surface area contributed by atoms with Crippen LogP contribution in [-0.4, -0.2) is 40.0 Å². The van der Waals surface area contributed by atoms with E-state index in [2.05, 4.69) is 10.3 Å². The van der Waals surface area contributed by atoms with Crippen LogP contribution in [0.2, 0.25) is 0 Å². The highest BCUT2D eigenvalue weighted by Crippen LogP contribution is 2.22. The Morgan fingerprint density at radius 3 is 2.93 bits per heavy atom. The van der Waals surface area contributed by atoms with Gasteiger partial charge in [-0.15, -0.1) is 5.10 Å². The number of aliphatic hydroxyl groups is 1. The van der Waals surface area contributed by atoms with Crippen molar-refractivity contribution in [1.29, 1.82) is 0 Å². The molecular weight excluding hydrogens is 206 g/mol. The molecule has 1 N–H and O–H groups in total. The Labute approximate surface area is 81.5 Å². The van der Waals surface area contributed by atoms with Gasteiger partial charge in [0.05, 0.1) is 30.4 Å². The minimum Gasteiger partial charge on any atom is -0.390 e. The van der Waals surface area contributed by atoms with Crippen LogP contribution in [0.5, 0.6) is 0 Å². The summed E-state index contributed by atoms with van der Waals surface area (Å²) in [6.45, 7) is -0.167. The molecule has 0 amide bonds. The van der Waals surface area contributed by atoms with Crippen molar-refractivity contribution in [3.63, 3.8) is 0 Å². The number of rotatable bonds is 2. The van der Waals surface area contributed by atoms with Gasteiger partial charge in [-0.3, -0.25) is 0 Å². The zero-order valence-electron chi connectivity index (χ0n) is 7.50. The minimum atomic E-state index is -2.89. The van der Waals surface area contributed by atoms with Crippen LogP contribution in [0.15, 0.2) is 6.20 Å². The molecule has 14 heavy (non-hydrogen) atoms. The molecule has 0 spiro atoms. The van der Waals surface area contributed by atoms with Gasteiger partial charge in [0.2, 0.25) is 0 Å². The number of hydrogen-bond acceptors (Lipinski definition) is 5. The highest BCUT2D eigenvalue weighted by atomic mass is 32.2. The van der Waals surface area contributed by atoms with Crippen molar-refractivity contribution in [3.8, 4) is 0 Å². The third-order valence-electron chi connectivity index (χ3n) is 2.30. The highest BCUT2D eigenvalue weighted by Gasteiger charge is 2.29. The summed E-state index contributed by atoms with van der Waals surface area (Å²) in [7, 11) is -2.89. The van der Waals surface area contributed by atoms with Crippen LogP contribution in [0.4, 0.5) is 0 Å². The second-order valence-corrected chi connectivity index (χ2v) is 5.63. The van der Waals surface area contributed by atoms with Gasteiger partial charge in [0.1, 0.15) is 5.69 Å². The molecule has 0 aliphatic carbocycles. The van der Waals surface area contributed by atoms with E-state index < -0.39 is 9.84 Å². The number of aromatic nitrogens is 3. The van der Waals surface area contributed by atoms with Crippen LogP contribution < -0.4 is 0 Å². The maximum Gasteiger partial charge on any atom is 0.152 e. The van der Waals surface area contributed by atoms with Crippen molar-refractivity contribution in [3.05, 3.63) is 11.9 Å². The SMILES string of the molecule is O=S1(=O)CCC(n2cc(CO)nn2)C1. The molecule has 1 aliphatic rings. The van der Waals surface area contributed by atoms with Crippen LogP contribution in [0.1, 0.15) is 18.2 Å².